The van der Waals surface area contributed by atoms with E-state index in [4.69, 9.17) is 5.26 Å². The molecule has 16 heavy (non-hydrogen) atoms. The first-order valence-corrected chi connectivity index (χ1v) is 3.79. The zero-order chi connectivity index (χ0) is 12.3. The van der Waals surface area contributed by atoms with Gasteiger partial charge >= 0.3 is 12.3 Å². The Kier molecular flexibility index (Phi) is 3.30. The molecule has 0 bridgehead atoms. The molecule has 0 atom stereocenters. The topological polar surface area (TPSA) is 76.2 Å². The lowest BCUT2D eigenvalue weighted by Gasteiger charge is -2.06. The fourth-order valence-electron chi connectivity index (χ4n) is 0.979. The van der Waals surface area contributed by atoms with E-state index in [1.54, 1.807) is 0 Å². The summed E-state index contributed by atoms with van der Waals surface area (Å²) in [5, 5.41) is 18.8. The van der Waals surface area contributed by atoms with Gasteiger partial charge < -0.3 is 4.74 Å². The summed E-state index contributed by atoms with van der Waals surface area (Å²) < 4.78 is 40.8. The fraction of sp³-hybridized carbons (Fsp3) is 0.125. The van der Waals surface area contributed by atoms with Gasteiger partial charge in [0.25, 0.3) is 0 Å². The summed E-state index contributed by atoms with van der Waals surface area (Å²) in [5.41, 5.74) is -1.57. The number of ether oxygens (including phenoxy) is 1. The van der Waals surface area contributed by atoms with E-state index >= 15 is 0 Å². The lowest BCUT2D eigenvalue weighted by atomic mass is 10.2. The number of benzene rings is 1. The van der Waals surface area contributed by atoms with Crippen LogP contribution in [0.2, 0.25) is 0 Å². The molecular weight excluding hydrogens is 229 g/mol. The van der Waals surface area contributed by atoms with Crippen molar-refractivity contribution in [3.8, 4) is 11.8 Å². The van der Waals surface area contributed by atoms with Crippen LogP contribution in [0.4, 0.5) is 18.9 Å². The SMILES string of the molecule is N#Cc1ccc([N+](=O)[O-])c(F)c1OC(F)F. The van der Waals surface area contributed by atoms with Gasteiger partial charge in [0, 0.05) is 6.07 Å². The normalized spacial score (nSPS) is 9.94. The number of halogens is 3. The fourth-order valence-corrected chi connectivity index (χ4v) is 0.979. The van der Waals surface area contributed by atoms with E-state index in [0.717, 1.165) is 6.07 Å². The summed E-state index contributed by atoms with van der Waals surface area (Å²) in [6.07, 6.45) is 0. The van der Waals surface area contributed by atoms with Crippen LogP contribution in [0.3, 0.4) is 0 Å². The molecule has 5 nitrogen and oxygen atoms in total. The molecule has 0 fully saturated rings. The number of nitro groups is 1. The van der Waals surface area contributed by atoms with Crippen LogP contribution in [0.1, 0.15) is 5.56 Å². The predicted octanol–water partition coefficient (Wildman–Crippen LogP) is 2.21. The summed E-state index contributed by atoms with van der Waals surface area (Å²) in [4.78, 5) is 9.20. The second-order valence-electron chi connectivity index (χ2n) is 2.52. The van der Waals surface area contributed by atoms with E-state index in [2.05, 4.69) is 4.74 Å². The number of alkyl halides is 2. The van der Waals surface area contributed by atoms with Crippen molar-refractivity contribution < 1.29 is 22.8 Å². The molecule has 1 aromatic carbocycles. The van der Waals surface area contributed by atoms with Gasteiger partial charge in [-0.05, 0) is 6.07 Å². The molecule has 0 aromatic heterocycles. The van der Waals surface area contributed by atoms with Crippen LogP contribution in [-0.2, 0) is 0 Å². The minimum atomic E-state index is -3.37. The van der Waals surface area contributed by atoms with Gasteiger partial charge in [-0.25, -0.2) is 0 Å². The van der Waals surface area contributed by atoms with E-state index in [1.807, 2.05) is 0 Å². The van der Waals surface area contributed by atoms with Crippen molar-refractivity contribution in [1.29, 1.82) is 5.26 Å². The molecular formula is C8H3F3N2O3. The molecule has 0 N–H and O–H groups in total. The van der Waals surface area contributed by atoms with Gasteiger partial charge in [0.2, 0.25) is 5.82 Å². The quantitative estimate of drug-likeness (QED) is 0.591. The molecule has 1 rings (SSSR count). The summed E-state index contributed by atoms with van der Waals surface area (Å²) >= 11 is 0. The van der Waals surface area contributed by atoms with Crippen molar-refractivity contribution in [3.05, 3.63) is 33.6 Å². The first-order chi connectivity index (χ1) is 7.47. The third-order valence-electron chi connectivity index (χ3n) is 1.60. The molecule has 0 aliphatic rings. The van der Waals surface area contributed by atoms with Gasteiger partial charge in [0.15, 0.2) is 5.75 Å². The second kappa shape index (κ2) is 4.48. The van der Waals surface area contributed by atoms with E-state index in [9.17, 15) is 23.3 Å². The smallest absolute Gasteiger partial charge is 0.387 e. The van der Waals surface area contributed by atoms with Crippen LogP contribution in [0, 0.1) is 27.3 Å². The number of nitriles is 1. The minimum Gasteiger partial charge on any atom is -0.430 e. The van der Waals surface area contributed by atoms with Crippen LogP contribution in [-0.4, -0.2) is 11.5 Å². The van der Waals surface area contributed by atoms with Crippen molar-refractivity contribution in [3.63, 3.8) is 0 Å². The van der Waals surface area contributed by atoms with Crippen LogP contribution < -0.4 is 4.74 Å². The monoisotopic (exact) mass is 232 g/mol. The van der Waals surface area contributed by atoms with Gasteiger partial charge in [-0.15, -0.1) is 0 Å². The summed E-state index contributed by atoms with van der Waals surface area (Å²) in [6.45, 7) is -3.37. The highest BCUT2D eigenvalue weighted by Gasteiger charge is 2.24. The highest BCUT2D eigenvalue weighted by Crippen LogP contribution is 2.30. The maximum absolute atomic E-state index is 13.3. The third kappa shape index (κ3) is 2.20. The molecule has 0 saturated heterocycles. The molecule has 0 amide bonds. The van der Waals surface area contributed by atoms with E-state index < -0.39 is 34.4 Å². The summed E-state index contributed by atoms with van der Waals surface area (Å²) in [7, 11) is 0. The molecule has 0 aliphatic heterocycles. The molecule has 0 spiro atoms. The molecule has 0 unspecified atom stereocenters. The van der Waals surface area contributed by atoms with Crippen LogP contribution >= 0.6 is 0 Å². The van der Waals surface area contributed by atoms with Gasteiger partial charge in [-0.1, -0.05) is 0 Å². The molecule has 8 heteroatoms. The standard InChI is InChI=1S/C8H3F3N2O3/c9-6-5(13(14)15)2-1-4(3-12)7(6)16-8(10)11/h1-2,8H. The number of nitro benzene ring substituents is 1. The molecule has 0 aliphatic carbocycles. The molecule has 84 valence electrons. The number of hydrogen-bond acceptors (Lipinski definition) is 4. The first kappa shape index (κ1) is 11.8. The second-order valence-corrected chi connectivity index (χ2v) is 2.52. The van der Waals surface area contributed by atoms with Crippen LogP contribution in [0.5, 0.6) is 5.75 Å². The number of hydrogen-bond donors (Lipinski definition) is 0. The molecule has 0 heterocycles. The van der Waals surface area contributed by atoms with Gasteiger partial charge in [-0.2, -0.15) is 18.4 Å². The average Bonchev–Trinajstić information content (AvgIpc) is 2.19. The highest BCUT2D eigenvalue weighted by atomic mass is 19.3. The van der Waals surface area contributed by atoms with Crippen molar-refractivity contribution in [1.82, 2.24) is 0 Å². The van der Waals surface area contributed by atoms with E-state index in [1.165, 1.54) is 6.07 Å². The Morgan fingerprint density at radius 2 is 2.12 bits per heavy atom. The summed E-state index contributed by atoms with van der Waals surface area (Å²) in [5.74, 6) is -2.71. The average molecular weight is 232 g/mol. The Morgan fingerprint density at radius 3 is 2.56 bits per heavy atom. The van der Waals surface area contributed by atoms with Gasteiger partial charge in [0.05, 0.1) is 10.5 Å². The first-order valence-electron chi connectivity index (χ1n) is 3.79. The minimum absolute atomic E-state index is 0.539. The lowest BCUT2D eigenvalue weighted by Crippen LogP contribution is -2.07. The van der Waals surface area contributed by atoms with Crippen molar-refractivity contribution in [2.24, 2.45) is 0 Å². The predicted molar refractivity (Wildman–Crippen MR) is 44.4 cm³/mol. The lowest BCUT2D eigenvalue weighted by molar-refractivity contribution is -0.387. The van der Waals surface area contributed by atoms with Gasteiger partial charge in [0.1, 0.15) is 6.07 Å². The van der Waals surface area contributed by atoms with Crippen molar-refractivity contribution >= 4 is 5.69 Å². The summed E-state index contributed by atoms with van der Waals surface area (Å²) in [6, 6.07) is 2.92. The highest BCUT2D eigenvalue weighted by molar-refractivity contribution is 5.51. The molecule has 0 saturated carbocycles. The molecule has 0 radical (unpaired) electrons. The largest absolute Gasteiger partial charge is 0.430 e. The van der Waals surface area contributed by atoms with Crippen molar-refractivity contribution in [2.45, 2.75) is 6.61 Å². The number of nitrogens with zero attached hydrogens (tertiary/aromatic N) is 2. The Labute approximate surface area is 86.8 Å². The molecule has 1 aromatic rings. The Balaban J connectivity index is 3.36. The van der Waals surface area contributed by atoms with E-state index in [0.29, 0.717) is 6.07 Å². The zero-order valence-electron chi connectivity index (χ0n) is 7.49. The zero-order valence-corrected chi connectivity index (χ0v) is 7.49. The van der Waals surface area contributed by atoms with Crippen LogP contribution in [0.25, 0.3) is 0 Å². The Bertz CT molecular complexity index is 470. The third-order valence-corrected chi connectivity index (χ3v) is 1.60. The maximum atomic E-state index is 13.3. The maximum Gasteiger partial charge on any atom is 0.387 e. The van der Waals surface area contributed by atoms with E-state index in [-0.39, 0.29) is 0 Å². The van der Waals surface area contributed by atoms with Crippen molar-refractivity contribution in [2.75, 3.05) is 0 Å². The van der Waals surface area contributed by atoms with Crippen LogP contribution in [0.15, 0.2) is 12.1 Å². The Hall–Kier alpha value is -2.30. The van der Waals surface area contributed by atoms with Gasteiger partial charge in [-0.3, -0.25) is 10.1 Å². The number of rotatable bonds is 3. The Morgan fingerprint density at radius 1 is 1.50 bits per heavy atom.